The van der Waals surface area contributed by atoms with Gasteiger partial charge in [-0.2, -0.15) is 26.7 Å². The number of carbonyl (C=O) groups is 1. The lowest BCUT2D eigenvalue weighted by Gasteiger charge is -2.20. The third-order valence-corrected chi connectivity index (χ3v) is 6.48. The van der Waals surface area contributed by atoms with Crippen molar-refractivity contribution >= 4 is 39.6 Å². The number of hydrogen-bond acceptors (Lipinski definition) is 4. The predicted octanol–water partition coefficient (Wildman–Crippen LogP) is 4.03. The summed E-state index contributed by atoms with van der Waals surface area (Å²) in [6.45, 7) is 0. The van der Waals surface area contributed by atoms with Crippen LogP contribution in [0.5, 0.6) is 0 Å². The Hall–Kier alpha value is -3.38. The molecule has 3 rings (SSSR count). The zero-order valence-electron chi connectivity index (χ0n) is 18.9. The molecule has 0 aliphatic rings. The van der Waals surface area contributed by atoms with Crippen LogP contribution in [0.3, 0.4) is 0 Å². The number of halogens is 4. The monoisotopic (exact) mass is 527 g/mol. The number of sulfonamides is 1. The quantitative estimate of drug-likeness (QED) is 0.342. The van der Waals surface area contributed by atoms with Gasteiger partial charge in [-0.25, -0.2) is 4.68 Å². The summed E-state index contributed by atoms with van der Waals surface area (Å²) in [7, 11) is 0.179. The minimum Gasteiger partial charge on any atom is -0.368 e. The van der Waals surface area contributed by atoms with Gasteiger partial charge in [0.25, 0.3) is 10.0 Å². The highest BCUT2D eigenvalue weighted by Gasteiger charge is 2.33. The number of hydrogen-bond donors (Lipinski definition) is 0. The van der Waals surface area contributed by atoms with Crippen molar-refractivity contribution in [1.82, 2.24) is 14.7 Å². The first-order valence-electron chi connectivity index (χ1n) is 10.0. The number of rotatable bonds is 7. The van der Waals surface area contributed by atoms with Crippen LogP contribution in [-0.2, 0) is 27.4 Å². The second-order valence-electron chi connectivity index (χ2n) is 7.70. The summed E-state index contributed by atoms with van der Waals surface area (Å²) < 4.78 is 69.6. The van der Waals surface area contributed by atoms with E-state index in [1.54, 1.807) is 38.4 Å². The third-order valence-electron chi connectivity index (χ3n) is 4.86. The molecular formula is C22H21ClF3N5O3S. The minimum atomic E-state index is -4.66. The fourth-order valence-corrected chi connectivity index (χ4v) is 4.31. The maximum Gasteiger partial charge on any atom is 0.419 e. The Labute approximate surface area is 205 Å². The third kappa shape index (κ3) is 6.20. The number of aromatic nitrogens is 2. The first-order chi connectivity index (χ1) is 16.3. The van der Waals surface area contributed by atoms with Gasteiger partial charge in [0, 0.05) is 38.0 Å². The first-order valence-corrected chi connectivity index (χ1v) is 11.8. The van der Waals surface area contributed by atoms with Crippen LogP contribution in [-0.4, -0.2) is 56.5 Å². The van der Waals surface area contributed by atoms with E-state index in [2.05, 4.69) is 9.50 Å². The molecule has 1 amide bonds. The molecule has 0 aliphatic carbocycles. The molecule has 0 saturated heterocycles. The molecule has 186 valence electrons. The Bertz CT molecular complexity index is 1370. The van der Waals surface area contributed by atoms with Crippen LogP contribution in [0.25, 0.3) is 5.69 Å². The SMILES string of the molecule is CN(C)/C=N/S(=O)(=O)c1cc(N(C)C(=O)Cc2ccccc2Cl)ccc1-n1cc(C(F)(F)F)cn1. The summed E-state index contributed by atoms with van der Waals surface area (Å²) in [5.41, 5.74) is -0.434. The number of likely N-dealkylation sites (N-methyl/N-ethyl adjacent to an activating group) is 1. The van der Waals surface area contributed by atoms with E-state index >= 15 is 0 Å². The first kappa shape index (κ1) is 26.2. The molecule has 35 heavy (non-hydrogen) atoms. The van der Waals surface area contributed by atoms with E-state index < -0.39 is 26.7 Å². The zero-order chi connectivity index (χ0) is 26.0. The lowest BCUT2D eigenvalue weighted by molar-refractivity contribution is -0.137. The normalized spacial score (nSPS) is 12.2. The number of anilines is 1. The van der Waals surface area contributed by atoms with Crippen LogP contribution in [0.15, 0.2) is 64.2 Å². The standard InChI is InChI=1S/C22H21ClF3N5O3S/c1-29(2)14-28-35(33,34)20-11-17(30(3)21(32)10-15-6-4-5-7-18(15)23)8-9-19(20)31-13-16(12-27-31)22(24,25)26/h4-9,11-14H,10H2,1-3H3/b28-14+. The number of amides is 1. The number of alkyl halides is 3. The molecule has 13 heteroatoms. The van der Waals surface area contributed by atoms with Crippen LogP contribution in [0.1, 0.15) is 11.1 Å². The van der Waals surface area contributed by atoms with Crippen LogP contribution < -0.4 is 4.90 Å². The highest BCUT2D eigenvalue weighted by molar-refractivity contribution is 7.90. The molecule has 1 aromatic heterocycles. The number of nitrogens with zero attached hydrogens (tertiary/aromatic N) is 5. The van der Waals surface area contributed by atoms with Gasteiger partial charge in [0.2, 0.25) is 5.91 Å². The van der Waals surface area contributed by atoms with Crippen LogP contribution >= 0.6 is 11.6 Å². The Morgan fingerprint density at radius 1 is 1.17 bits per heavy atom. The Balaban J connectivity index is 2.06. The number of carbonyl (C=O) groups excluding carboxylic acids is 1. The van der Waals surface area contributed by atoms with Crippen molar-refractivity contribution in [3.8, 4) is 5.69 Å². The zero-order valence-corrected chi connectivity index (χ0v) is 20.4. The lowest BCUT2D eigenvalue weighted by atomic mass is 10.1. The van der Waals surface area contributed by atoms with Gasteiger partial charge in [-0.3, -0.25) is 4.79 Å². The summed E-state index contributed by atoms with van der Waals surface area (Å²) in [4.78, 5) is 15.0. The molecule has 3 aromatic rings. The molecule has 0 radical (unpaired) electrons. The van der Waals surface area contributed by atoms with E-state index in [9.17, 15) is 26.4 Å². The van der Waals surface area contributed by atoms with Crippen LogP contribution in [0.4, 0.5) is 18.9 Å². The maximum atomic E-state index is 13.1. The van der Waals surface area contributed by atoms with Crippen LogP contribution in [0, 0.1) is 0 Å². The summed E-state index contributed by atoms with van der Waals surface area (Å²) in [5, 5.41) is 4.08. The van der Waals surface area contributed by atoms with Crippen molar-refractivity contribution in [2.24, 2.45) is 4.40 Å². The van der Waals surface area contributed by atoms with Crippen molar-refractivity contribution in [2.75, 3.05) is 26.0 Å². The Morgan fingerprint density at radius 2 is 1.86 bits per heavy atom. The molecule has 0 unspecified atom stereocenters. The van der Waals surface area contributed by atoms with Gasteiger partial charge in [0.1, 0.15) is 11.2 Å². The van der Waals surface area contributed by atoms with E-state index in [0.29, 0.717) is 23.0 Å². The molecule has 0 atom stereocenters. The van der Waals surface area contributed by atoms with Gasteiger partial charge in [-0.1, -0.05) is 29.8 Å². The molecule has 8 nitrogen and oxygen atoms in total. The molecule has 0 bridgehead atoms. The highest BCUT2D eigenvalue weighted by Crippen LogP contribution is 2.32. The van der Waals surface area contributed by atoms with Gasteiger partial charge in [-0.15, -0.1) is 4.40 Å². The molecule has 0 saturated carbocycles. The maximum absolute atomic E-state index is 13.1. The smallest absolute Gasteiger partial charge is 0.368 e. The van der Waals surface area contributed by atoms with Crippen LogP contribution in [0.2, 0.25) is 5.02 Å². The van der Waals surface area contributed by atoms with Gasteiger partial charge in [0.05, 0.1) is 23.9 Å². The van der Waals surface area contributed by atoms with E-state index in [4.69, 9.17) is 11.6 Å². The van der Waals surface area contributed by atoms with E-state index in [0.717, 1.165) is 17.1 Å². The Kier molecular flexibility index (Phi) is 7.56. The summed E-state index contributed by atoms with van der Waals surface area (Å²) >= 11 is 6.13. The van der Waals surface area contributed by atoms with Crippen molar-refractivity contribution in [3.63, 3.8) is 0 Å². The molecule has 1 heterocycles. The van der Waals surface area contributed by atoms with Crippen molar-refractivity contribution < 1.29 is 26.4 Å². The molecule has 0 spiro atoms. The average molecular weight is 528 g/mol. The summed E-state index contributed by atoms with van der Waals surface area (Å²) in [5.74, 6) is -0.385. The fraction of sp³-hybridized carbons (Fsp3) is 0.227. The number of benzene rings is 2. The highest BCUT2D eigenvalue weighted by atomic mass is 35.5. The topological polar surface area (TPSA) is 87.9 Å². The molecular weight excluding hydrogens is 507 g/mol. The Morgan fingerprint density at radius 3 is 2.46 bits per heavy atom. The summed E-state index contributed by atoms with van der Waals surface area (Å²) in [6, 6.07) is 10.6. The summed E-state index contributed by atoms with van der Waals surface area (Å²) in [6.07, 6.45) is -2.40. The predicted molar refractivity (Wildman–Crippen MR) is 126 cm³/mol. The molecule has 2 aromatic carbocycles. The minimum absolute atomic E-state index is 0.0487. The second kappa shape index (κ2) is 10.1. The van der Waals surface area contributed by atoms with Gasteiger partial charge in [-0.05, 0) is 29.8 Å². The van der Waals surface area contributed by atoms with Crippen molar-refractivity contribution in [1.29, 1.82) is 0 Å². The molecule has 0 aliphatic heterocycles. The van der Waals surface area contributed by atoms with Gasteiger partial charge in [0.15, 0.2) is 0 Å². The largest absolute Gasteiger partial charge is 0.419 e. The van der Waals surface area contributed by atoms with E-state index in [1.807, 2.05) is 0 Å². The van der Waals surface area contributed by atoms with E-state index in [1.165, 1.54) is 29.0 Å². The van der Waals surface area contributed by atoms with E-state index in [-0.39, 0.29) is 23.7 Å². The fourth-order valence-electron chi connectivity index (χ4n) is 2.99. The average Bonchev–Trinajstić information content (AvgIpc) is 3.29. The van der Waals surface area contributed by atoms with Gasteiger partial charge >= 0.3 is 6.18 Å². The lowest BCUT2D eigenvalue weighted by Crippen LogP contribution is -2.28. The molecule has 0 N–H and O–H groups in total. The van der Waals surface area contributed by atoms with Crippen molar-refractivity contribution in [2.45, 2.75) is 17.5 Å². The second-order valence-corrected chi connectivity index (χ2v) is 9.71. The van der Waals surface area contributed by atoms with Crippen molar-refractivity contribution in [3.05, 3.63) is 71.0 Å². The van der Waals surface area contributed by atoms with Gasteiger partial charge < -0.3 is 9.80 Å². The molecule has 0 fully saturated rings.